The molecule has 1 rings (SSSR count). The Morgan fingerprint density at radius 2 is 1.76 bits per heavy atom. The van der Waals surface area contributed by atoms with Crippen molar-refractivity contribution < 1.29 is 22.7 Å². The number of unbranched alkanes of at least 4 members (excludes halogenated alkanes) is 2. The van der Waals surface area contributed by atoms with Crippen molar-refractivity contribution in [2.24, 2.45) is 0 Å². The van der Waals surface area contributed by atoms with Crippen LogP contribution in [0.5, 0.6) is 5.75 Å². The number of alkyl halides is 3. The van der Waals surface area contributed by atoms with Crippen molar-refractivity contribution in [3.63, 3.8) is 0 Å². The van der Waals surface area contributed by atoms with E-state index in [0.29, 0.717) is 6.42 Å². The van der Waals surface area contributed by atoms with Gasteiger partial charge in [0, 0.05) is 6.42 Å². The lowest BCUT2D eigenvalue weighted by atomic mass is 10.1. The molecule has 1 radical (unpaired) electrons. The van der Waals surface area contributed by atoms with Crippen molar-refractivity contribution in [3.8, 4) is 5.75 Å². The van der Waals surface area contributed by atoms with E-state index in [1.807, 2.05) is 0 Å². The van der Waals surface area contributed by atoms with E-state index in [9.17, 15) is 18.0 Å². The molecule has 0 aromatic heterocycles. The number of halogens is 3. The lowest BCUT2D eigenvalue weighted by Gasteiger charge is -2.09. The summed E-state index contributed by atoms with van der Waals surface area (Å²) in [7, 11) is 0. The largest absolute Gasteiger partial charge is 0.573 e. The first-order valence-electron chi connectivity index (χ1n) is 5.21. The standard InChI is InChI=1S/C12H12F3O2/c13-12(14,15)17-11-7-5-10(6-8-11)4-2-1-3-9-16/h5-8H,1-4H2. The quantitative estimate of drug-likeness (QED) is 0.718. The van der Waals surface area contributed by atoms with Crippen LogP contribution in [0.2, 0.25) is 0 Å². The van der Waals surface area contributed by atoms with Gasteiger partial charge in [0.25, 0.3) is 0 Å². The van der Waals surface area contributed by atoms with Gasteiger partial charge in [0.15, 0.2) is 6.29 Å². The minimum absolute atomic E-state index is 0.220. The summed E-state index contributed by atoms with van der Waals surface area (Å²) in [5.41, 5.74) is 0.922. The van der Waals surface area contributed by atoms with Crippen LogP contribution < -0.4 is 4.74 Å². The van der Waals surface area contributed by atoms with E-state index in [1.54, 1.807) is 18.4 Å². The van der Waals surface area contributed by atoms with Gasteiger partial charge >= 0.3 is 6.36 Å². The van der Waals surface area contributed by atoms with Crippen LogP contribution >= 0.6 is 0 Å². The molecule has 0 heterocycles. The number of ether oxygens (including phenoxy) is 1. The number of carbonyl (C=O) groups excluding carboxylic acids is 1. The number of aryl methyl sites for hydroxylation is 1. The third kappa shape index (κ3) is 5.94. The third-order valence-corrected chi connectivity index (χ3v) is 2.15. The van der Waals surface area contributed by atoms with Gasteiger partial charge in [-0.05, 0) is 37.0 Å². The number of hydrogen-bond acceptors (Lipinski definition) is 2. The second-order valence-electron chi connectivity index (χ2n) is 3.54. The smallest absolute Gasteiger partial charge is 0.406 e. The Balaban J connectivity index is 2.42. The number of rotatable bonds is 6. The number of hydrogen-bond donors (Lipinski definition) is 0. The number of benzene rings is 1. The SMILES string of the molecule is O=[C]CCCCc1ccc(OC(F)(F)F)cc1. The van der Waals surface area contributed by atoms with Gasteiger partial charge in [-0.25, -0.2) is 0 Å². The molecule has 93 valence electrons. The molecule has 2 nitrogen and oxygen atoms in total. The van der Waals surface area contributed by atoms with Crippen molar-refractivity contribution in [3.05, 3.63) is 29.8 Å². The first kappa shape index (κ1) is 13.5. The highest BCUT2D eigenvalue weighted by atomic mass is 19.4. The maximum absolute atomic E-state index is 11.9. The van der Waals surface area contributed by atoms with Crippen LogP contribution in [0.3, 0.4) is 0 Å². The van der Waals surface area contributed by atoms with E-state index >= 15 is 0 Å². The molecule has 0 amide bonds. The molecule has 0 aliphatic rings. The molecule has 5 heteroatoms. The normalized spacial score (nSPS) is 11.2. The summed E-state index contributed by atoms with van der Waals surface area (Å²) in [4.78, 5) is 9.95. The van der Waals surface area contributed by atoms with Crippen LogP contribution in [0.4, 0.5) is 13.2 Å². The zero-order valence-corrected chi connectivity index (χ0v) is 9.09. The average Bonchev–Trinajstić information content (AvgIpc) is 2.25. The first-order valence-corrected chi connectivity index (χ1v) is 5.21. The summed E-state index contributed by atoms with van der Waals surface area (Å²) in [6, 6.07) is 5.75. The van der Waals surface area contributed by atoms with Gasteiger partial charge in [0.1, 0.15) is 5.75 Å². The Morgan fingerprint density at radius 1 is 1.12 bits per heavy atom. The molecule has 0 aliphatic carbocycles. The highest BCUT2D eigenvalue weighted by molar-refractivity contribution is 5.50. The Hall–Kier alpha value is -1.52. The van der Waals surface area contributed by atoms with Crippen LogP contribution in [0.25, 0.3) is 0 Å². The van der Waals surface area contributed by atoms with Gasteiger partial charge in [0.05, 0.1) is 0 Å². The summed E-state index contributed by atoms with van der Waals surface area (Å²) in [5, 5.41) is 0. The third-order valence-electron chi connectivity index (χ3n) is 2.15. The molecule has 0 atom stereocenters. The van der Waals surface area contributed by atoms with Crippen LogP contribution in [-0.2, 0) is 11.2 Å². The van der Waals surface area contributed by atoms with E-state index in [-0.39, 0.29) is 5.75 Å². The van der Waals surface area contributed by atoms with Gasteiger partial charge in [-0.3, -0.25) is 4.79 Å². The molecule has 1 aromatic carbocycles. The van der Waals surface area contributed by atoms with Crippen LogP contribution in [0.1, 0.15) is 24.8 Å². The molecule has 1 aromatic rings. The molecule has 0 fully saturated rings. The van der Waals surface area contributed by atoms with Crippen LogP contribution in [-0.4, -0.2) is 12.6 Å². The highest BCUT2D eigenvalue weighted by Crippen LogP contribution is 2.23. The topological polar surface area (TPSA) is 26.3 Å². The predicted molar refractivity (Wildman–Crippen MR) is 56.4 cm³/mol. The molecular formula is C12H12F3O2. The second-order valence-corrected chi connectivity index (χ2v) is 3.54. The Labute approximate surface area is 97.4 Å². The molecule has 0 spiro atoms. The molecule has 0 N–H and O–H groups in total. The Morgan fingerprint density at radius 3 is 2.29 bits per heavy atom. The lowest BCUT2D eigenvalue weighted by Crippen LogP contribution is -2.17. The van der Waals surface area contributed by atoms with Crippen molar-refractivity contribution in [1.29, 1.82) is 0 Å². The van der Waals surface area contributed by atoms with Gasteiger partial charge in [-0.15, -0.1) is 13.2 Å². The predicted octanol–water partition coefficient (Wildman–Crippen LogP) is 3.41. The zero-order chi connectivity index (χ0) is 12.7. The minimum atomic E-state index is -4.65. The summed E-state index contributed by atoms with van der Waals surface area (Å²) >= 11 is 0. The monoisotopic (exact) mass is 245 g/mol. The van der Waals surface area contributed by atoms with E-state index in [4.69, 9.17) is 0 Å². The highest BCUT2D eigenvalue weighted by Gasteiger charge is 2.30. The van der Waals surface area contributed by atoms with Crippen LogP contribution in [0.15, 0.2) is 24.3 Å². The second kappa shape index (κ2) is 6.27. The van der Waals surface area contributed by atoms with Crippen LogP contribution in [0, 0.1) is 0 Å². The van der Waals surface area contributed by atoms with E-state index in [1.165, 1.54) is 12.1 Å². The van der Waals surface area contributed by atoms with E-state index < -0.39 is 6.36 Å². The van der Waals surface area contributed by atoms with Gasteiger partial charge in [-0.1, -0.05) is 12.1 Å². The van der Waals surface area contributed by atoms with Gasteiger partial charge < -0.3 is 4.74 Å². The Bertz CT molecular complexity index is 344. The molecule has 17 heavy (non-hydrogen) atoms. The summed E-state index contributed by atoms with van der Waals surface area (Å²) in [6.07, 6.45) is -0.175. The molecule has 0 bridgehead atoms. The zero-order valence-electron chi connectivity index (χ0n) is 9.09. The molecule has 0 unspecified atom stereocenters. The minimum Gasteiger partial charge on any atom is -0.406 e. The Kier molecular flexibility index (Phi) is 5.00. The van der Waals surface area contributed by atoms with Crippen molar-refractivity contribution in [2.75, 3.05) is 0 Å². The van der Waals surface area contributed by atoms with Crippen molar-refractivity contribution in [2.45, 2.75) is 32.0 Å². The van der Waals surface area contributed by atoms with E-state index in [2.05, 4.69) is 4.74 Å². The van der Waals surface area contributed by atoms with E-state index in [0.717, 1.165) is 24.8 Å². The first-order chi connectivity index (χ1) is 8.01. The molecular weight excluding hydrogens is 233 g/mol. The maximum atomic E-state index is 11.9. The lowest BCUT2D eigenvalue weighted by molar-refractivity contribution is -0.274. The maximum Gasteiger partial charge on any atom is 0.573 e. The van der Waals surface area contributed by atoms with Crippen molar-refractivity contribution >= 4 is 6.29 Å². The van der Waals surface area contributed by atoms with Gasteiger partial charge in [0.2, 0.25) is 0 Å². The summed E-state index contributed by atoms with van der Waals surface area (Å²) in [6.45, 7) is 0. The fourth-order valence-electron chi connectivity index (χ4n) is 1.38. The summed E-state index contributed by atoms with van der Waals surface area (Å²) < 4.78 is 39.4. The average molecular weight is 245 g/mol. The molecule has 0 saturated carbocycles. The molecule has 0 saturated heterocycles. The fraction of sp³-hybridized carbons (Fsp3) is 0.417. The summed E-state index contributed by atoms with van der Waals surface area (Å²) in [5.74, 6) is -0.220. The molecule has 0 aliphatic heterocycles. The van der Waals surface area contributed by atoms with Crippen molar-refractivity contribution in [1.82, 2.24) is 0 Å². The van der Waals surface area contributed by atoms with Gasteiger partial charge in [-0.2, -0.15) is 0 Å². The fourth-order valence-corrected chi connectivity index (χ4v) is 1.38.